The summed E-state index contributed by atoms with van der Waals surface area (Å²) in [4.78, 5) is 41.9. The number of nitrogens with one attached hydrogen (secondary N) is 2. The van der Waals surface area contributed by atoms with Gasteiger partial charge >= 0.3 is 0 Å². The van der Waals surface area contributed by atoms with E-state index < -0.39 is 6.04 Å². The first-order chi connectivity index (χ1) is 19.9. The molecule has 10 heteroatoms. The Morgan fingerprint density at radius 2 is 1.71 bits per heavy atom. The van der Waals surface area contributed by atoms with Crippen molar-refractivity contribution in [3.63, 3.8) is 0 Å². The van der Waals surface area contributed by atoms with Crippen LogP contribution in [-0.4, -0.2) is 58.0 Å². The Labute approximate surface area is 239 Å². The maximum absolute atomic E-state index is 13.3. The summed E-state index contributed by atoms with van der Waals surface area (Å²) in [5.41, 5.74) is 3.06. The molecule has 2 amide bonds. The molecule has 0 bridgehead atoms. The van der Waals surface area contributed by atoms with Gasteiger partial charge in [-0.2, -0.15) is 4.98 Å². The molecule has 0 aliphatic carbocycles. The number of amides is 2. The molecule has 2 aromatic heterocycles. The number of fused-ring (bicyclic) bond motifs is 2. The van der Waals surface area contributed by atoms with E-state index in [0.29, 0.717) is 52.0 Å². The van der Waals surface area contributed by atoms with E-state index in [1.54, 1.807) is 44.7 Å². The first-order valence-electron chi connectivity index (χ1n) is 13.8. The monoisotopic (exact) mass is 554 g/mol. The predicted molar refractivity (Wildman–Crippen MR) is 158 cm³/mol. The summed E-state index contributed by atoms with van der Waals surface area (Å²) in [6, 6.07) is 15.6. The van der Waals surface area contributed by atoms with Crippen molar-refractivity contribution in [1.29, 1.82) is 0 Å². The number of nitrogens with zero attached hydrogens (tertiary/aromatic N) is 4. The summed E-state index contributed by atoms with van der Waals surface area (Å²) in [6.07, 6.45) is 4.30. The predicted octanol–water partition coefficient (Wildman–Crippen LogP) is 5.31. The number of unbranched alkanes of at least 4 members (excludes halogenated alkanes) is 1. The molecule has 10 nitrogen and oxygen atoms in total. The highest BCUT2D eigenvalue weighted by molar-refractivity contribution is 6.21. The third kappa shape index (κ3) is 5.63. The number of hydrogen-bond acceptors (Lipinski definition) is 9. The number of pyridine rings is 1. The van der Waals surface area contributed by atoms with Gasteiger partial charge in [-0.15, -0.1) is 0 Å². The average molecular weight is 555 g/mol. The maximum Gasteiger partial charge on any atom is 0.261 e. The first-order valence-corrected chi connectivity index (χ1v) is 13.8. The molecular formula is C31H34N6O4. The number of methoxy groups -OCH3 is 2. The lowest BCUT2D eigenvalue weighted by atomic mass is 10.0. The number of carbonyl (C=O) groups excluding carboxylic acids is 2. The lowest BCUT2D eigenvalue weighted by Crippen LogP contribution is -2.48. The second kappa shape index (κ2) is 12.2. The van der Waals surface area contributed by atoms with E-state index in [1.807, 2.05) is 37.3 Å². The van der Waals surface area contributed by atoms with E-state index in [1.165, 1.54) is 4.90 Å². The summed E-state index contributed by atoms with van der Waals surface area (Å²) in [6.45, 7) is 4.44. The van der Waals surface area contributed by atoms with Crippen LogP contribution in [0, 0.1) is 0 Å². The van der Waals surface area contributed by atoms with E-state index in [4.69, 9.17) is 14.5 Å². The minimum Gasteiger partial charge on any atom is -0.497 e. The SMILES string of the molecule is CCCC[C@@H](Nc1nc(NCc2ccc(OC)cc2OC)nc2cccnc12)[C@H](C)N1C(=O)c2ccccc2C1=O. The van der Waals surface area contributed by atoms with Crippen LogP contribution in [0.2, 0.25) is 0 Å². The summed E-state index contributed by atoms with van der Waals surface area (Å²) in [7, 11) is 3.23. The second-order valence-electron chi connectivity index (χ2n) is 9.96. The van der Waals surface area contributed by atoms with Crippen molar-refractivity contribution in [2.45, 2.75) is 51.7 Å². The largest absolute Gasteiger partial charge is 0.497 e. The summed E-state index contributed by atoms with van der Waals surface area (Å²) >= 11 is 0. The van der Waals surface area contributed by atoms with Crippen LogP contribution < -0.4 is 20.1 Å². The maximum atomic E-state index is 13.3. The third-order valence-corrected chi connectivity index (χ3v) is 7.39. The minimum absolute atomic E-state index is 0.258. The highest BCUT2D eigenvalue weighted by atomic mass is 16.5. The van der Waals surface area contributed by atoms with Crippen molar-refractivity contribution in [2.75, 3.05) is 24.9 Å². The van der Waals surface area contributed by atoms with Crippen LogP contribution in [0.25, 0.3) is 11.0 Å². The molecular weight excluding hydrogens is 520 g/mol. The van der Waals surface area contributed by atoms with Crippen LogP contribution in [0.15, 0.2) is 60.8 Å². The summed E-state index contributed by atoms with van der Waals surface area (Å²) < 4.78 is 10.8. The lowest BCUT2D eigenvalue weighted by molar-refractivity contribution is 0.0578. The molecule has 2 N–H and O–H groups in total. The molecule has 2 aromatic carbocycles. The van der Waals surface area contributed by atoms with Gasteiger partial charge in [0.1, 0.15) is 17.0 Å². The molecule has 41 heavy (non-hydrogen) atoms. The Morgan fingerprint density at radius 1 is 0.951 bits per heavy atom. The third-order valence-electron chi connectivity index (χ3n) is 7.39. The number of hydrogen-bond donors (Lipinski definition) is 2. The molecule has 0 unspecified atom stereocenters. The number of rotatable bonds is 12. The van der Waals surface area contributed by atoms with Crippen LogP contribution in [0.1, 0.15) is 59.4 Å². The molecule has 3 heterocycles. The van der Waals surface area contributed by atoms with Gasteiger partial charge in [0.25, 0.3) is 11.8 Å². The smallest absolute Gasteiger partial charge is 0.261 e. The zero-order chi connectivity index (χ0) is 28.9. The van der Waals surface area contributed by atoms with Crippen molar-refractivity contribution in [3.8, 4) is 11.5 Å². The van der Waals surface area contributed by atoms with Gasteiger partial charge in [-0.05, 0) is 49.7 Å². The molecule has 212 valence electrons. The Balaban J connectivity index is 1.44. The van der Waals surface area contributed by atoms with Gasteiger partial charge in [0, 0.05) is 30.4 Å². The molecule has 0 radical (unpaired) electrons. The van der Waals surface area contributed by atoms with Crippen LogP contribution >= 0.6 is 0 Å². The number of anilines is 2. The Hall–Kier alpha value is -4.73. The van der Waals surface area contributed by atoms with Crippen molar-refractivity contribution in [1.82, 2.24) is 19.9 Å². The van der Waals surface area contributed by atoms with Crippen molar-refractivity contribution in [3.05, 3.63) is 77.5 Å². The standard InChI is InChI=1S/C31H34N6O4/c1-5-6-12-24(19(2)37-29(38)22-10-7-8-11-23(22)30(37)39)34-28-27-25(13-9-16-32-27)35-31(36-28)33-18-20-14-15-21(40-3)17-26(20)41-4/h7-11,13-17,19,24H,5-6,12,18H2,1-4H3,(H2,33,34,35,36)/t19-,24+/m0/s1. The molecule has 0 saturated heterocycles. The van der Waals surface area contributed by atoms with Gasteiger partial charge in [-0.3, -0.25) is 19.5 Å². The van der Waals surface area contributed by atoms with Crippen LogP contribution in [0.4, 0.5) is 11.8 Å². The summed E-state index contributed by atoms with van der Waals surface area (Å²) in [5, 5.41) is 6.84. The number of ether oxygens (including phenoxy) is 2. The molecule has 5 rings (SSSR count). The molecule has 1 aliphatic rings. The van der Waals surface area contributed by atoms with Gasteiger partial charge < -0.3 is 20.1 Å². The van der Waals surface area contributed by atoms with Crippen molar-refractivity contribution in [2.24, 2.45) is 0 Å². The molecule has 0 saturated carbocycles. The second-order valence-corrected chi connectivity index (χ2v) is 9.96. The van der Waals surface area contributed by atoms with Crippen LogP contribution in [-0.2, 0) is 6.54 Å². The van der Waals surface area contributed by atoms with Gasteiger partial charge in [0.05, 0.1) is 36.9 Å². The molecule has 1 aliphatic heterocycles. The average Bonchev–Trinajstić information content (AvgIpc) is 3.26. The zero-order valence-corrected chi connectivity index (χ0v) is 23.7. The van der Waals surface area contributed by atoms with Crippen LogP contribution in [0.5, 0.6) is 11.5 Å². The topological polar surface area (TPSA) is 119 Å². The normalized spacial score (nSPS) is 14.1. The molecule has 0 spiro atoms. The van der Waals surface area contributed by atoms with E-state index in [9.17, 15) is 9.59 Å². The van der Waals surface area contributed by atoms with Gasteiger partial charge in [0.2, 0.25) is 5.95 Å². The number of benzene rings is 2. The van der Waals surface area contributed by atoms with Crippen molar-refractivity contribution >= 4 is 34.6 Å². The zero-order valence-electron chi connectivity index (χ0n) is 23.7. The number of imide groups is 1. The Kier molecular flexibility index (Phi) is 8.28. The number of carbonyl (C=O) groups is 2. The van der Waals surface area contributed by atoms with E-state index >= 15 is 0 Å². The van der Waals surface area contributed by atoms with Crippen molar-refractivity contribution < 1.29 is 19.1 Å². The van der Waals surface area contributed by atoms with Crippen LogP contribution in [0.3, 0.4) is 0 Å². The van der Waals surface area contributed by atoms with Gasteiger partial charge in [-0.1, -0.05) is 31.9 Å². The number of aromatic nitrogens is 3. The minimum atomic E-state index is -0.428. The molecule has 4 aromatic rings. The Morgan fingerprint density at radius 3 is 2.39 bits per heavy atom. The first kappa shape index (κ1) is 27.8. The summed E-state index contributed by atoms with van der Waals surface area (Å²) in [5.74, 6) is 1.78. The van der Waals surface area contributed by atoms with E-state index in [-0.39, 0.29) is 17.9 Å². The highest BCUT2D eigenvalue weighted by Crippen LogP contribution is 2.30. The fourth-order valence-electron chi connectivity index (χ4n) is 5.11. The Bertz CT molecular complexity index is 1540. The lowest BCUT2D eigenvalue weighted by Gasteiger charge is -2.32. The fraction of sp³-hybridized carbons (Fsp3) is 0.323. The highest BCUT2D eigenvalue weighted by Gasteiger charge is 2.40. The molecule has 2 atom stereocenters. The van der Waals surface area contributed by atoms with E-state index in [0.717, 1.165) is 24.8 Å². The van der Waals surface area contributed by atoms with Gasteiger partial charge in [-0.25, -0.2) is 4.98 Å². The quantitative estimate of drug-likeness (QED) is 0.225. The fourth-order valence-corrected chi connectivity index (χ4v) is 5.11. The van der Waals surface area contributed by atoms with Gasteiger partial charge in [0.15, 0.2) is 5.82 Å². The molecule has 0 fully saturated rings. The van der Waals surface area contributed by atoms with E-state index in [2.05, 4.69) is 27.5 Å².